The van der Waals surface area contributed by atoms with Gasteiger partial charge in [-0.05, 0) is 19.1 Å². The van der Waals surface area contributed by atoms with Gasteiger partial charge in [0.05, 0.1) is 18.7 Å². The molecule has 1 unspecified atom stereocenters. The maximum atomic E-state index is 13.0. The number of carbonyl (C=O) groups excluding carboxylic acids is 1. The molecule has 0 spiro atoms. The van der Waals surface area contributed by atoms with Gasteiger partial charge in [0.25, 0.3) is 0 Å². The average Bonchev–Trinajstić information content (AvgIpc) is 2.55. The van der Waals surface area contributed by atoms with Crippen LogP contribution in [0, 0.1) is 0 Å². The molecule has 0 N–H and O–H groups in total. The molecule has 2 atom stereocenters. The number of carbonyl (C=O) groups is 1. The van der Waals surface area contributed by atoms with Crippen molar-refractivity contribution < 1.29 is 23.0 Å². The molecule has 0 saturated carbocycles. The van der Waals surface area contributed by atoms with E-state index >= 15 is 0 Å². The van der Waals surface area contributed by atoms with Crippen LogP contribution < -0.4 is 4.74 Å². The largest absolute Gasteiger partial charge is 0.593 e. The highest BCUT2D eigenvalue weighted by atomic mass is 35.5. The number of methoxy groups -OCH3 is 1. The van der Waals surface area contributed by atoms with Gasteiger partial charge in [0.2, 0.25) is 4.90 Å². The Kier molecular flexibility index (Phi) is 5.70. The van der Waals surface area contributed by atoms with E-state index in [2.05, 4.69) is 4.74 Å². The van der Waals surface area contributed by atoms with E-state index in [9.17, 15) is 13.6 Å². The van der Waals surface area contributed by atoms with Gasteiger partial charge in [-0.25, -0.2) is 0 Å². The number of hydrogen-bond donors (Lipinski definition) is 0. The van der Waals surface area contributed by atoms with E-state index in [-0.39, 0.29) is 33.8 Å². The van der Waals surface area contributed by atoms with Gasteiger partial charge in [-0.15, -0.1) is 4.31 Å². The van der Waals surface area contributed by atoms with E-state index in [0.717, 1.165) is 4.31 Å². The molecular formula is C14H15Cl2NO5S. The van der Waals surface area contributed by atoms with Crippen LogP contribution in [0.1, 0.15) is 6.92 Å². The Balaban J connectivity index is 2.62. The van der Waals surface area contributed by atoms with Crippen LogP contribution in [0.2, 0.25) is 10.0 Å². The van der Waals surface area contributed by atoms with Crippen LogP contribution in [0.4, 0.5) is 0 Å². The maximum absolute atomic E-state index is 13.0. The van der Waals surface area contributed by atoms with E-state index in [1.165, 1.54) is 26.2 Å². The second-order valence-corrected chi connectivity index (χ2v) is 7.47. The SMILES string of the molecule is COC(=O)[C@H](C)N1CC=CCOc2c(Cl)cc(Cl)cc2[S+]1(=O)[O-]. The fraction of sp³-hybridized carbons (Fsp3) is 0.357. The van der Waals surface area contributed by atoms with E-state index in [4.69, 9.17) is 27.9 Å². The number of nitrogens with zero attached hydrogens (tertiary/aromatic N) is 1. The molecule has 1 aromatic carbocycles. The summed E-state index contributed by atoms with van der Waals surface area (Å²) in [5, 5.41) is 0.232. The summed E-state index contributed by atoms with van der Waals surface area (Å²) < 4.78 is 37.1. The third-order valence-electron chi connectivity index (χ3n) is 3.31. The number of esters is 1. The van der Waals surface area contributed by atoms with Gasteiger partial charge in [-0.3, -0.25) is 4.79 Å². The first-order chi connectivity index (χ1) is 10.8. The fourth-order valence-electron chi connectivity index (χ4n) is 2.13. The van der Waals surface area contributed by atoms with Crippen molar-refractivity contribution in [3.8, 4) is 5.75 Å². The third kappa shape index (κ3) is 3.70. The van der Waals surface area contributed by atoms with Gasteiger partial charge in [0.15, 0.2) is 22.2 Å². The highest BCUT2D eigenvalue weighted by molar-refractivity contribution is 7.95. The smallest absolute Gasteiger partial charge is 0.327 e. The number of fused-ring (bicyclic) bond motifs is 1. The van der Waals surface area contributed by atoms with Gasteiger partial charge in [-0.1, -0.05) is 33.5 Å². The summed E-state index contributed by atoms with van der Waals surface area (Å²) in [5.41, 5.74) is 0. The number of rotatable bonds is 2. The molecule has 1 heterocycles. The molecule has 126 valence electrons. The molecule has 2 rings (SSSR count). The number of hydrogen-bond acceptors (Lipinski definition) is 5. The normalized spacial score (nSPS) is 23.0. The summed E-state index contributed by atoms with van der Waals surface area (Å²) in [4.78, 5) is 11.6. The van der Waals surface area contributed by atoms with E-state index in [1.807, 2.05) is 0 Å². The van der Waals surface area contributed by atoms with Crippen molar-refractivity contribution in [1.29, 1.82) is 0 Å². The fourth-order valence-corrected chi connectivity index (χ4v) is 4.51. The zero-order valence-electron chi connectivity index (χ0n) is 12.5. The van der Waals surface area contributed by atoms with Crippen molar-refractivity contribution >= 4 is 39.6 Å². The molecular weight excluding hydrogens is 365 g/mol. The van der Waals surface area contributed by atoms with Gasteiger partial charge in [0.1, 0.15) is 6.61 Å². The van der Waals surface area contributed by atoms with E-state index < -0.39 is 22.4 Å². The number of halogens is 2. The Morgan fingerprint density at radius 1 is 1.43 bits per heavy atom. The first kappa shape index (κ1) is 18.2. The van der Waals surface area contributed by atoms with E-state index in [1.54, 1.807) is 12.2 Å². The quantitative estimate of drug-likeness (QED) is 0.448. The van der Waals surface area contributed by atoms with Gasteiger partial charge < -0.3 is 14.0 Å². The molecule has 9 heteroatoms. The van der Waals surface area contributed by atoms with Crippen LogP contribution in [0.3, 0.4) is 0 Å². The number of benzene rings is 1. The second kappa shape index (κ2) is 7.19. The van der Waals surface area contributed by atoms with E-state index in [0.29, 0.717) is 0 Å². The lowest BCUT2D eigenvalue weighted by Gasteiger charge is -2.30. The molecule has 0 aliphatic carbocycles. The van der Waals surface area contributed by atoms with Crippen molar-refractivity contribution in [1.82, 2.24) is 4.31 Å². The molecule has 0 saturated heterocycles. The Bertz CT molecular complexity index is 694. The van der Waals surface area contributed by atoms with Crippen LogP contribution >= 0.6 is 23.2 Å². The lowest BCUT2D eigenvalue weighted by atomic mass is 10.3. The van der Waals surface area contributed by atoms with Gasteiger partial charge in [0, 0.05) is 11.1 Å². The summed E-state index contributed by atoms with van der Waals surface area (Å²) in [6, 6.07) is 1.63. The van der Waals surface area contributed by atoms with Crippen molar-refractivity contribution in [2.45, 2.75) is 17.9 Å². The van der Waals surface area contributed by atoms with Gasteiger partial charge in [-0.2, -0.15) is 0 Å². The Morgan fingerprint density at radius 3 is 2.78 bits per heavy atom. The van der Waals surface area contributed by atoms with Crippen LogP contribution in [0.15, 0.2) is 29.2 Å². The number of sulfonamides is 1. The van der Waals surface area contributed by atoms with Crippen molar-refractivity contribution in [2.75, 3.05) is 20.3 Å². The molecule has 0 fully saturated rings. The lowest BCUT2D eigenvalue weighted by molar-refractivity contribution is -0.144. The number of ether oxygens (including phenoxy) is 2. The Hall–Kier alpha value is -1.12. The standard InChI is InChI=1S/C14H15Cl2NO5S/c1-9(14(18)21-2)17-5-3-4-6-22-13-11(16)7-10(15)8-12(13)23(17,19)20/h3-4,7-9H,5-6H2,1-2H3/t9-/m0/s1. The molecule has 6 nitrogen and oxygen atoms in total. The van der Waals surface area contributed by atoms with Crippen molar-refractivity contribution in [2.24, 2.45) is 0 Å². The topological polar surface area (TPSA) is 78.9 Å². The average molecular weight is 380 g/mol. The molecule has 23 heavy (non-hydrogen) atoms. The minimum atomic E-state index is -4.08. The molecule has 1 aliphatic rings. The highest BCUT2D eigenvalue weighted by Gasteiger charge is 2.41. The minimum Gasteiger partial charge on any atom is -0.593 e. The summed E-state index contributed by atoms with van der Waals surface area (Å²) in [7, 11) is -2.88. The zero-order valence-corrected chi connectivity index (χ0v) is 14.8. The predicted molar refractivity (Wildman–Crippen MR) is 86.4 cm³/mol. The first-order valence-electron chi connectivity index (χ1n) is 6.65. The summed E-state index contributed by atoms with van der Waals surface area (Å²) in [6.07, 6.45) is 3.24. The summed E-state index contributed by atoms with van der Waals surface area (Å²) in [5.74, 6) is -0.665. The lowest BCUT2D eigenvalue weighted by Crippen LogP contribution is -2.47. The Labute approximate surface area is 145 Å². The maximum Gasteiger partial charge on any atom is 0.327 e. The first-order valence-corrected chi connectivity index (χ1v) is 8.85. The van der Waals surface area contributed by atoms with Crippen molar-refractivity contribution in [3.05, 3.63) is 34.3 Å². The van der Waals surface area contributed by atoms with Crippen LogP contribution in [0.5, 0.6) is 5.75 Å². The minimum absolute atomic E-state index is 0.00434. The molecule has 0 aromatic heterocycles. The van der Waals surface area contributed by atoms with Gasteiger partial charge >= 0.3 is 5.97 Å². The molecule has 1 aromatic rings. The zero-order chi connectivity index (χ0) is 17.2. The highest BCUT2D eigenvalue weighted by Crippen LogP contribution is 2.40. The van der Waals surface area contributed by atoms with Crippen LogP contribution in [-0.4, -0.2) is 41.1 Å². The van der Waals surface area contributed by atoms with Crippen LogP contribution in [-0.2, 0) is 24.1 Å². The molecule has 0 bridgehead atoms. The molecule has 0 amide bonds. The summed E-state index contributed by atoms with van der Waals surface area (Å²) >= 11 is 12.0. The monoisotopic (exact) mass is 379 g/mol. The van der Waals surface area contributed by atoms with Crippen molar-refractivity contribution in [3.63, 3.8) is 0 Å². The molecule has 1 aliphatic heterocycles. The Morgan fingerprint density at radius 2 is 2.13 bits per heavy atom. The second-order valence-electron chi connectivity index (χ2n) is 4.77. The molecule has 0 radical (unpaired) electrons. The predicted octanol–water partition coefficient (Wildman–Crippen LogP) is 2.71. The van der Waals surface area contributed by atoms with Crippen LogP contribution in [0.25, 0.3) is 0 Å². The third-order valence-corrected chi connectivity index (χ3v) is 5.75. The summed E-state index contributed by atoms with van der Waals surface area (Å²) in [6.45, 7) is 1.58.